The van der Waals surface area contributed by atoms with Crippen molar-refractivity contribution in [2.75, 3.05) is 6.79 Å². The first-order valence-corrected chi connectivity index (χ1v) is 7.59. The number of alkyl halides is 3. The van der Waals surface area contributed by atoms with Crippen LogP contribution < -0.4 is 0 Å². The molecule has 0 aromatic carbocycles. The van der Waals surface area contributed by atoms with Crippen LogP contribution in [0.15, 0.2) is 16.3 Å². The van der Waals surface area contributed by atoms with Crippen molar-refractivity contribution in [3.05, 3.63) is 16.3 Å². The molecule has 12 heteroatoms. The van der Waals surface area contributed by atoms with E-state index in [-0.39, 0.29) is 11.3 Å². The normalized spacial score (nSPS) is 14.7. The molecule has 0 saturated heterocycles. The summed E-state index contributed by atoms with van der Waals surface area (Å²) >= 11 is 0.193. The molecule has 1 atom stereocenters. The minimum absolute atomic E-state index is 0.193. The highest BCUT2D eigenvalue weighted by Gasteiger charge is 2.39. The van der Waals surface area contributed by atoms with Gasteiger partial charge in [-0.2, -0.15) is 21.6 Å². The van der Waals surface area contributed by atoms with Gasteiger partial charge in [0.25, 0.3) is 0 Å². The summed E-state index contributed by atoms with van der Waals surface area (Å²) in [5.41, 5.74) is 0. The summed E-state index contributed by atoms with van der Waals surface area (Å²) in [5, 5.41) is 0.939. The van der Waals surface area contributed by atoms with Gasteiger partial charge >= 0.3 is 24.5 Å². The number of thiophene rings is 1. The second-order valence-corrected chi connectivity index (χ2v) is 6.03. The zero-order valence-corrected chi connectivity index (χ0v) is 10.9. The lowest BCUT2D eigenvalue weighted by Gasteiger charge is -2.08. The maximum Gasteiger partial charge on any atom is 0.426 e. The molecule has 6 nitrogen and oxygen atoms in total. The summed E-state index contributed by atoms with van der Waals surface area (Å²) in [6.45, 7) is -1.14. The van der Waals surface area contributed by atoms with E-state index in [9.17, 15) is 26.2 Å². The Labute approximate surface area is 104 Å². The van der Waals surface area contributed by atoms with Crippen molar-refractivity contribution >= 4 is 29.7 Å². The number of hydrogen-bond acceptors (Lipinski definition) is 6. The lowest BCUT2D eigenvalue weighted by atomic mass is 10.5. The average Bonchev–Trinajstić information content (AvgIpc) is 2.64. The van der Waals surface area contributed by atoms with Crippen LogP contribution >= 0.6 is 19.6 Å². The molecule has 0 radical (unpaired) electrons. The van der Waals surface area contributed by atoms with Crippen LogP contribution in [0.4, 0.5) is 13.2 Å². The van der Waals surface area contributed by atoms with E-state index in [1.54, 1.807) is 0 Å². The molecule has 0 spiro atoms. The Kier molecular flexibility index (Phi) is 4.92. The minimum Gasteiger partial charge on any atom is -0.326 e. The molecule has 1 rings (SSSR count). The van der Waals surface area contributed by atoms with Crippen LogP contribution in [0, 0.1) is 0 Å². The second-order valence-electron chi connectivity index (χ2n) is 2.71. The van der Waals surface area contributed by atoms with Gasteiger partial charge in [-0.15, -0.1) is 11.3 Å². The molecule has 18 heavy (non-hydrogen) atoms. The van der Waals surface area contributed by atoms with Crippen LogP contribution in [0.1, 0.15) is 4.88 Å². The van der Waals surface area contributed by atoms with Gasteiger partial charge in [0.15, 0.2) is 6.79 Å². The topological polar surface area (TPSA) is 89.9 Å². The first kappa shape index (κ1) is 15.6. The van der Waals surface area contributed by atoms with Crippen LogP contribution in [0.2, 0.25) is 0 Å². The molecular weight excluding hydrogens is 320 g/mol. The quantitative estimate of drug-likeness (QED) is 0.504. The lowest BCUT2D eigenvalue weighted by Crippen LogP contribution is -2.13. The van der Waals surface area contributed by atoms with Gasteiger partial charge < -0.3 is 4.89 Å². The fourth-order valence-electron chi connectivity index (χ4n) is 0.902. The fourth-order valence-corrected chi connectivity index (χ4v) is 3.22. The number of hydrogen-bond donors (Lipinski definition) is 1. The van der Waals surface area contributed by atoms with Crippen LogP contribution in [0.5, 0.6) is 0 Å². The molecule has 0 bridgehead atoms. The Morgan fingerprint density at radius 2 is 2.06 bits per heavy atom. The molecule has 104 valence electrons. The highest BCUT2D eigenvalue weighted by atomic mass is 32.2. The Hall–Kier alpha value is -0.450. The molecule has 0 fully saturated rings. The molecule has 0 aliphatic carbocycles. The van der Waals surface area contributed by atoms with Crippen LogP contribution in [0.3, 0.4) is 0 Å². The molecule has 1 heterocycles. The average molecular weight is 326 g/mol. The number of rotatable bonds is 5. The van der Waals surface area contributed by atoms with Gasteiger partial charge in [-0.25, -0.2) is 4.18 Å². The molecule has 1 N–H and O–H groups in total. The van der Waals surface area contributed by atoms with Crippen LogP contribution in [-0.2, 0) is 29.6 Å². The van der Waals surface area contributed by atoms with Crippen molar-refractivity contribution in [1.29, 1.82) is 0 Å². The van der Waals surface area contributed by atoms with Crippen LogP contribution in [0.25, 0.3) is 0 Å². The van der Waals surface area contributed by atoms with E-state index < -0.39 is 41.1 Å². The predicted octanol–water partition coefficient (Wildman–Crippen LogP) is 1.83. The maximum absolute atomic E-state index is 12.4. The molecule has 0 aliphatic heterocycles. The molecule has 1 unspecified atom stereocenters. The summed E-state index contributed by atoms with van der Waals surface area (Å²) in [5.74, 6) is 0. The van der Waals surface area contributed by atoms with Gasteiger partial charge in [-0.1, -0.05) is 0 Å². The van der Waals surface area contributed by atoms with Crippen molar-refractivity contribution in [3.63, 3.8) is 0 Å². The van der Waals surface area contributed by atoms with E-state index in [4.69, 9.17) is 4.89 Å². The van der Waals surface area contributed by atoms with Gasteiger partial charge in [0.1, 0.15) is 9.77 Å². The van der Waals surface area contributed by atoms with Crippen molar-refractivity contribution in [2.45, 2.75) is 11.1 Å². The van der Waals surface area contributed by atoms with Crippen LogP contribution in [-0.4, -0.2) is 20.1 Å². The van der Waals surface area contributed by atoms with E-state index in [0.29, 0.717) is 0 Å². The summed E-state index contributed by atoms with van der Waals surface area (Å²) in [4.78, 5) is 5.85. The summed E-state index contributed by atoms with van der Waals surface area (Å²) in [6.07, 6.45) is -4.83. The Balaban J connectivity index is 2.93. The molecule has 1 aromatic rings. The third-order valence-corrected chi connectivity index (χ3v) is 4.28. The number of halogens is 3. The van der Waals surface area contributed by atoms with Gasteiger partial charge in [-0.3, -0.25) is 9.09 Å². The second kappa shape index (κ2) is 5.68. The summed E-state index contributed by atoms with van der Waals surface area (Å²) < 4.78 is 78.1. The lowest BCUT2D eigenvalue weighted by molar-refractivity contribution is -0.136. The van der Waals surface area contributed by atoms with Gasteiger partial charge in [0, 0.05) is 0 Å². The molecule has 1 aromatic heterocycles. The van der Waals surface area contributed by atoms with E-state index >= 15 is 0 Å². The summed E-state index contributed by atoms with van der Waals surface area (Å²) in [7, 11) is -8.12. The maximum atomic E-state index is 12.4. The third-order valence-electron chi connectivity index (χ3n) is 1.54. The van der Waals surface area contributed by atoms with E-state index in [1.165, 1.54) is 0 Å². The Morgan fingerprint density at radius 1 is 1.44 bits per heavy atom. The van der Waals surface area contributed by atoms with E-state index in [1.807, 2.05) is 0 Å². The monoisotopic (exact) mass is 326 g/mol. The van der Waals surface area contributed by atoms with Crippen molar-refractivity contribution in [1.82, 2.24) is 0 Å². The summed E-state index contributed by atoms with van der Waals surface area (Å²) in [6, 6.07) is 0.727. The smallest absolute Gasteiger partial charge is 0.326 e. The Morgan fingerprint density at radius 3 is 2.56 bits per heavy atom. The third kappa shape index (κ3) is 4.04. The highest BCUT2D eigenvalue weighted by molar-refractivity contribution is 7.87. The predicted molar refractivity (Wildman–Crippen MR) is 54.8 cm³/mol. The minimum atomic E-state index is -4.83. The largest absolute Gasteiger partial charge is 0.426 e. The fraction of sp³-hybridized carbons (Fsp3) is 0.333. The molecule has 0 aliphatic rings. The van der Waals surface area contributed by atoms with E-state index in [2.05, 4.69) is 8.71 Å². The van der Waals surface area contributed by atoms with E-state index in [0.717, 1.165) is 11.4 Å². The first-order chi connectivity index (χ1) is 8.14. The molecule has 0 amide bonds. The standard InChI is InChI=1S/C6H6F3O6PS2/c7-6(8,9)5-4(1-2-17-5)18(12,13)15-3-14-16(10)11/h1-2,16H,3H2,(H,10,11). The molecular formula is C6H6F3O6PS2. The Bertz CT molecular complexity index is 536. The zero-order chi connectivity index (χ0) is 14.0. The highest BCUT2D eigenvalue weighted by Crippen LogP contribution is 2.38. The molecule has 0 saturated carbocycles. The van der Waals surface area contributed by atoms with Gasteiger partial charge in [0.05, 0.1) is 0 Å². The zero-order valence-electron chi connectivity index (χ0n) is 8.30. The SMILES string of the molecule is O=[PH](O)OCOS(=O)(=O)c1ccsc1C(F)(F)F. The van der Waals surface area contributed by atoms with Crippen molar-refractivity contribution in [2.24, 2.45) is 0 Å². The van der Waals surface area contributed by atoms with Crippen molar-refractivity contribution < 1.29 is 39.8 Å². The van der Waals surface area contributed by atoms with Crippen molar-refractivity contribution in [3.8, 4) is 0 Å². The first-order valence-electron chi connectivity index (χ1n) is 4.04. The van der Waals surface area contributed by atoms with Gasteiger partial charge in [-0.05, 0) is 11.4 Å². The van der Waals surface area contributed by atoms with Gasteiger partial charge in [0.2, 0.25) is 0 Å².